The van der Waals surface area contributed by atoms with Crippen molar-refractivity contribution in [1.82, 2.24) is 9.55 Å². The van der Waals surface area contributed by atoms with Crippen molar-refractivity contribution in [3.63, 3.8) is 0 Å². The number of nitrogen functional groups attached to an aromatic ring is 1. The lowest BCUT2D eigenvalue weighted by molar-refractivity contribution is 0.668. The number of benzene rings is 2. The summed E-state index contributed by atoms with van der Waals surface area (Å²) < 4.78 is 3.16. The van der Waals surface area contributed by atoms with E-state index in [2.05, 4.69) is 40.6 Å². The third kappa shape index (κ3) is 2.27. The normalized spacial score (nSPS) is 12.8. The highest BCUT2D eigenvalue weighted by Crippen LogP contribution is 2.31. The largest absolute Gasteiger partial charge is 0.369 e. The van der Waals surface area contributed by atoms with Gasteiger partial charge in [-0.25, -0.2) is 4.98 Å². The minimum Gasteiger partial charge on any atom is -0.369 e. The van der Waals surface area contributed by atoms with Gasteiger partial charge >= 0.3 is 0 Å². The standard InChI is InChI=1S/C15H13ClIN3/c1-9(11-4-2-3-5-12(11)16)20-14-7-6-10(17)8-13(14)19-15(20)18/h2-9H,1H3,(H2,18,19). The van der Waals surface area contributed by atoms with Gasteiger partial charge in [0.2, 0.25) is 5.95 Å². The number of imidazole rings is 1. The molecule has 20 heavy (non-hydrogen) atoms. The van der Waals surface area contributed by atoms with Crippen molar-refractivity contribution in [2.24, 2.45) is 0 Å². The van der Waals surface area contributed by atoms with Crippen LogP contribution in [0.15, 0.2) is 42.5 Å². The van der Waals surface area contributed by atoms with E-state index in [-0.39, 0.29) is 6.04 Å². The van der Waals surface area contributed by atoms with Crippen molar-refractivity contribution in [2.75, 3.05) is 5.73 Å². The predicted molar refractivity (Wildman–Crippen MR) is 92.1 cm³/mol. The molecule has 0 saturated heterocycles. The van der Waals surface area contributed by atoms with Crippen LogP contribution in [0.5, 0.6) is 0 Å². The van der Waals surface area contributed by atoms with Gasteiger partial charge in [-0.3, -0.25) is 0 Å². The van der Waals surface area contributed by atoms with Gasteiger partial charge in [0, 0.05) is 8.59 Å². The summed E-state index contributed by atoms with van der Waals surface area (Å²) in [7, 11) is 0. The van der Waals surface area contributed by atoms with Gasteiger partial charge in [0.1, 0.15) is 0 Å². The van der Waals surface area contributed by atoms with Gasteiger partial charge in [-0.15, -0.1) is 0 Å². The zero-order chi connectivity index (χ0) is 14.3. The molecule has 2 N–H and O–H groups in total. The van der Waals surface area contributed by atoms with E-state index in [1.165, 1.54) is 0 Å². The fourth-order valence-electron chi connectivity index (χ4n) is 2.45. The smallest absolute Gasteiger partial charge is 0.201 e. The Morgan fingerprint density at radius 1 is 1.25 bits per heavy atom. The van der Waals surface area contributed by atoms with Gasteiger partial charge in [0.25, 0.3) is 0 Å². The molecule has 0 amide bonds. The van der Waals surface area contributed by atoms with Gasteiger partial charge < -0.3 is 10.3 Å². The maximum atomic E-state index is 6.29. The number of hydrogen-bond acceptors (Lipinski definition) is 2. The average molecular weight is 398 g/mol. The zero-order valence-electron chi connectivity index (χ0n) is 10.8. The second-order valence-corrected chi connectivity index (χ2v) is 6.32. The first-order chi connectivity index (χ1) is 9.58. The Labute approximate surface area is 135 Å². The van der Waals surface area contributed by atoms with E-state index in [0.29, 0.717) is 5.95 Å². The molecule has 0 aliphatic rings. The summed E-state index contributed by atoms with van der Waals surface area (Å²) in [6.07, 6.45) is 0. The van der Waals surface area contributed by atoms with Crippen LogP contribution in [0.3, 0.4) is 0 Å². The molecule has 3 nitrogen and oxygen atoms in total. The summed E-state index contributed by atoms with van der Waals surface area (Å²) in [4.78, 5) is 4.44. The molecule has 0 aliphatic heterocycles. The topological polar surface area (TPSA) is 43.8 Å². The Bertz CT molecular complexity index is 782. The molecule has 0 aliphatic carbocycles. The maximum absolute atomic E-state index is 6.29. The SMILES string of the molecule is CC(c1ccccc1Cl)n1c(N)nc2cc(I)ccc21. The first-order valence-corrected chi connectivity index (χ1v) is 7.71. The van der Waals surface area contributed by atoms with Crippen molar-refractivity contribution in [3.05, 3.63) is 56.6 Å². The van der Waals surface area contributed by atoms with E-state index in [9.17, 15) is 0 Å². The molecule has 3 aromatic rings. The number of halogens is 2. The second-order valence-electron chi connectivity index (χ2n) is 4.67. The predicted octanol–water partition coefficient (Wildman–Crippen LogP) is 4.49. The molecule has 0 saturated carbocycles. The number of nitrogens with two attached hydrogens (primary N) is 1. The average Bonchev–Trinajstić information content (AvgIpc) is 2.73. The van der Waals surface area contributed by atoms with Gasteiger partial charge in [0.15, 0.2) is 0 Å². The van der Waals surface area contributed by atoms with Crippen LogP contribution in [0.2, 0.25) is 5.02 Å². The minimum absolute atomic E-state index is 0.0359. The Hall–Kier alpha value is -1.27. The van der Waals surface area contributed by atoms with E-state index in [1.54, 1.807) is 0 Å². The van der Waals surface area contributed by atoms with Crippen LogP contribution in [0.4, 0.5) is 5.95 Å². The lowest BCUT2D eigenvalue weighted by Gasteiger charge is -2.17. The lowest BCUT2D eigenvalue weighted by atomic mass is 10.1. The Morgan fingerprint density at radius 3 is 2.75 bits per heavy atom. The molecule has 1 atom stereocenters. The monoisotopic (exact) mass is 397 g/mol. The number of nitrogens with zero attached hydrogens (tertiary/aromatic N) is 2. The van der Waals surface area contributed by atoms with Crippen LogP contribution in [0, 0.1) is 3.57 Å². The number of fused-ring (bicyclic) bond motifs is 1. The highest BCUT2D eigenvalue weighted by Gasteiger charge is 2.17. The number of hydrogen-bond donors (Lipinski definition) is 1. The third-order valence-electron chi connectivity index (χ3n) is 3.42. The second kappa shape index (κ2) is 5.26. The molecule has 0 fully saturated rings. The first-order valence-electron chi connectivity index (χ1n) is 6.25. The molecule has 1 unspecified atom stereocenters. The Balaban J connectivity index is 2.19. The summed E-state index contributed by atoms with van der Waals surface area (Å²) in [5.41, 5.74) is 9.07. The first kappa shape index (κ1) is 13.7. The summed E-state index contributed by atoms with van der Waals surface area (Å²) in [5.74, 6) is 0.509. The fourth-order valence-corrected chi connectivity index (χ4v) is 3.22. The molecule has 3 rings (SSSR count). The van der Waals surface area contributed by atoms with E-state index in [0.717, 1.165) is 25.2 Å². The summed E-state index contributed by atoms with van der Waals surface area (Å²) in [6, 6.07) is 14.0. The van der Waals surface area contributed by atoms with E-state index < -0.39 is 0 Å². The minimum atomic E-state index is 0.0359. The molecule has 1 aromatic heterocycles. The van der Waals surface area contributed by atoms with Crippen molar-refractivity contribution >= 4 is 51.2 Å². The van der Waals surface area contributed by atoms with Crippen LogP contribution >= 0.6 is 34.2 Å². The molecule has 0 spiro atoms. The summed E-state index contributed by atoms with van der Waals surface area (Å²) in [6.45, 7) is 2.08. The highest BCUT2D eigenvalue weighted by atomic mass is 127. The fraction of sp³-hybridized carbons (Fsp3) is 0.133. The van der Waals surface area contributed by atoms with Crippen LogP contribution in [0.1, 0.15) is 18.5 Å². The maximum Gasteiger partial charge on any atom is 0.201 e. The van der Waals surface area contributed by atoms with Gasteiger partial charge in [-0.05, 0) is 59.3 Å². The molecule has 2 aromatic carbocycles. The van der Waals surface area contributed by atoms with Crippen molar-refractivity contribution < 1.29 is 0 Å². The lowest BCUT2D eigenvalue weighted by Crippen LogP contribution is -2.10. The molecular formula is C15H13ClIN3. The quantitative estimate of drug-likeness (QED) is 0.648. The molecule has 0 bridgehead atoms. The van der Waals surface area contributed by atoms with Crippen LogP contribution in [0.25, 0.3) is 11.0 Å². The number of aromatic nitrogens is 2. The highest BCUT2D eigenvalue weighted by molar-refractivity contribution is 14.1. The van der Waals surface area contributed by atoms with Gasteiger partial charge in [0.05, 0.1) is 17.1 Å². The van der Waals surface area contributed by atoms with E-state index in [4.69, 9.17) is 17.3 Å². The summed E-state index contributed by atoms with van der Waals surface area (Å²) in [5, 5.41) is 0.742. The Kier molecular flexibility index (Phi) is 3.60. The van der Waals surface area contributed by atoms with Gasteiger partial charge in [-0.1, -0.05) is 29.8 Å². The van der Waals surface area contributed by atoms with Crippen molar-refractivity contribution in [3.8, 4) is 0 Å². The molecular weight excluding hydrogens is 385 g/mol. The molecule has 0 radical (unpaired) electrons. The van der Waals surface area contributed by atoms with E-state index in [1.807, 2.05) is 41.0 Å². The third-order valence-corrected chi connectivity index (χ3v) is 4.44. The van der Waals surface area contributed by atoms with Crippen LogP contribution < -0.4 is 5.73 Å². The number of anilines is 1. The number of rotatable bonds is 2. The molecule has 1 heterocycles. The molecule has 5 heteroatoms. The van der Waals surface area contributed by atoms with Crippen LogP contribution in [-0.2, 0) is 0 Å². The van der Waals surface area contributed by atoms with Crippen molar-refractivity contribution in [2.45, 2.75) is 13.0 Å². The Morgan fingerprint density at radius 2 is 2.00 bits per heavy atom. The van der Waals surface area contributed by atoms with Gasteiger partial charge in [-0.2, -0.15) is 0 Å². The van der Waals surface area contributed by atoms with E-state index >= 15 is 0 Å². The van der Waals surface area contributed by atoms with Crippen LogP contribution in [-0.4, -0.2) is 9.55 Å². The zero-order valence-corrected chi connectivity index (χ0v) is 13.8. The molecule has 102 valence electrons. The summed E-state index contributed by atoms with van der Waals surface area (Å²) >= 11 is 8.56. The van der Waals surface area contributed by atoms with Crippen molar-refractivity contribution in [1.29, 1.82) is 0 Å².